The van der Waals surface area contributed by atoms with E-state index in [1.807, 2.05) is 13.8 Å². The maximum Gasteiger partial charge on any atom is 0.248 e. The lowest BCUT2D eigenvalue weighted by molar-refractivity contribution is -0.151. The van der Waals surface area contributed by atoms with Gasteiger partial charge in [0.2, 0.25) is 11.8 Å². The number of carbonyl (C=O) groups excluding carboxylic acids is 2. The molecule has 0 radical (unpaired) electrons. The van der Waals surface area contributed by atoms with Crippen LogP contribution in [0.5, 0.6) is 0 Å². The molecule has 0 aromatic rings. The van der Waals surface area contributed by atoms with E-state index in [1.165, 1.54) is 32.1 Å². The van der Waals surface area contributed by atoms with E-state index in [4.69, 9.17) is 0 Å². The molecular formula is C15H26N2O2. The standard InChI is InChI=1S/C15H26N2O2/c1-4-15(3)13(19)17(10-12(18)16-15)11-14(2)8-6-5-7-9-14/h4-11H2,1-3H3,(H,16,18). The zero-order chi connectivity index (χ0) is 14.1. The summed E-state index contributed by atoms with van der Waals surface area (Å²) in [5.74, 6) is 0.0600. The summed E-state index contributed by atoms with van der Waals surface area (Å²) >= 11 is 0. The number of carbonyl (C=O) groups is 2. The smallest absolute Gasteiger partial charge is 0.248 e. The lowest BCUT2D eigenvalue weighted by atomic mass is 9.75. The van der Waals surface area contributed by atoms with E-state index in [1.54, 1.807) is 4.90 Å². The van der Waals surface area contributed by atoms with Crippen LogP contribution in [0.3, 0.4) is 0 Å². The average molecular weight is 266 g/mol. The molecule has 0 aromatic heterocycles. The van der Waals surface area contributed by atoms with Gasteiger partial charge in [-0.2, -0.15) is 0 Å². The first-order chi connectivity index (χ1) is 8.88. The highest BCUT2D eigenvalue weighted by atomic mass is 16.2. The van der Waals surface area contributed by atoms with Gasteiger partial charge in [-0.05, 0) is 31.6 Å². The van der Waals surface area contributed by atoms with Crippen molar-refractivity contribution in [3.8, 4) is 0 Å². The lowest BCUT2D eigenvalue weighted by Gasteiger charge is -2.44. The molecular weight excluding hydrogens is 240 g/mol. The fourth-order valence-electron chi connectivity index (χ4n) is 3.39. The molecule has 4 nitrogen and oxygen atoms in total. The van der Waals surface area contributed by atoms with Gasteiger partial charge in [0.05, 0.1) is 6.54 Å². The van der Waals surface area contributed by atoms with Crippen molar-refractivity contribution < 1.29 is 9.59 Å². The lowest BCUT2D eigenvalue weighted by Crippen LogP contribution is -2.66. The Bertz CT molecular complexity index is 374. The summed E-state index contributed by atoms with van der Waals surface area (Å²) in [6.07, 6.45) is 6.77. The number of nitrogens with zero attached hydrogens (tertiary/aromatic N) is 1. The van der Waals surface area contributed by atoms with E-state index >= 15 is 0 Å². The first-order valence-electron chi connectivity index (χ1n) is 7.49. The van der Waals surface area contributed by atoms with E-state index < -0.39 is 5.54 Å². The van der Waals surface area contributed by atoms with Crippen molar-refractivity contribution in [2.75, 3.05) is 13.1 Å². The number of amides is 2. The van der Waals surface area contributed by atoms with Crippen LogP contribution in [-0.4, -0.2) is 35.3 Å². The van der Waals surface area contributed by atoms with Crippen LogP contribution < -0.4 is 5.32 Å². The quantitative estimate of drug-likeness (QED) is 0.850. The highest BCUT2D eigenvalue weighted by Crippen LogP contribution is 2.37. The summed E-state index contributed by atoms with van der Waals surface area (Å²) in [5, 5.41) is 2.84. The molecule has 1 N–H and O–H groups in total. The first kappa shape index (κ1) is 14.4. The monoisotopic (exact) mass is 266 g/mol. The Morgan fingerprint density at radius 1 is 1.16 bits per heavy atom. The topological polar surface area (TPSA) is 49.4 Å². The fraction of sp³-hybridized carbons (Fsp3) is 0.867. The van der Waals surface area contributed by atoms with Crippen molar-refractivity contribution in [3.63, 3.8) is 0 Å². The second kappa shape index (κ2) is 5.14. The molecule has 1 saturated heterocycles. The van der Waals surface area contributed by atoms with Gasteiger partial charge in [0, 0.05) is 6.54 Å². The number of rotatable bonds is 3. The molecule has 2 fully saturated rings. The summed E-state index contributed by atoms with van der Waals surface area (Å²) < 4.78 is 0. The molecule has 1 aliphatic heterocycles. The van der Waals surface area contributed by atoms with Crippen LogP contribution in [0.4, 0.5) is 0 Å². The van der Waals surface area contributed by atoms with Gasteiger partial charge in [-0.1, -0.05) is 33.1 Å². The maximum atomic E-state index is 12.6. The molecule has 1 heterocycles. The van der Waals surface area contributed by atoms with Crippen LogP contribution in [0.15, 0.2) is 0 Å². The summed E-state index contributed by atoms with van der Waals surface area (Å²) in [7, 11) is 0. The summed E-state index contributed by atoms with van der Waals surface area (Å²) in [6.45, 7) is 7.00. The van der Waals surface area contributed by atoms with Crippen molar-refractivity contribution in [2.24, 2.45) is 5.41 Å². The number of piperazine rings is 1. The van der Waals surface area contributed by atoms with E-state index in [9.17, 15) is 9.59 Å². The second-order valence-electron chi connectivity index (χ2n) is 6.77. The summed E-state index contributed by atoms with van der Waals surface area (Å²) in [4.78, 5) is 26.2. The molecule has 0 aromatic carbocycles. The average Bonchev–Trinajstić information content (AvgIpc) is 2.36. The van der Waals surface area contributed by atoms with Gasteiger partial charge in [-0.15, -0.1) is 0 Å². The third-order valence-electron chi connectivity index (χ3n) is 4.85. The zero-order valence-electron chi connectivity index (χ0n) is 12.4. The Balaban J connectivity index is 2.10. The molecule has 2 amide bonds. The van der Waals surface area contributed by atoms with Crippen molar-refractivity contribution in [1.29, 1.82) is 0 Å². The maximum absolute atomic E-state index is 12.6. The van der Waals surface area contributed by atoms with Gasteiger partial charge in [0.15, 0.2) is 0 Å². The minimum atomic E-state index is -0.708. The van der Waals surface area contributed by atoms with Gasteiger partial charge in [0.1, 0.15) is 5.54 Å². The van der Waals surface area contributed by atoms with Gasteiger partial charge in [-0.3, -0.25) is 9.59 Å². The highest BCUT2D eigenvalue weighted by molar-refractivity contribution is 5.97. The summed E-state index contributed by atoms with van der Waals surface area (Å²) in [5.41, 5.74) is -0.513. The largest absolute Gasteiger partial charge is 0.340 e. The van der Waals surface area contributed by atoms with Crippen molar-refractivity contribution in [1.82, 2.24) is 10.2 Å². The van der Waals surface area contributed by atoms with E-state index in [0.717, 1.165) is 6.54 Å². The first-order valence-corrected chi connectivity index (χ1v) is 7.49. The molecule has 1 unspecified atom stereocenters. The second-order valence-corrected chi connectivity index (χ2v) is 6.77. The van der Waals surface area contributed by atoms with Crippen LogP contribution in [0.1, 0.15) is 59.3 Å². The van der Waals surface area contributed by atoms with Gasteiger partial charge >= 0.3 is 0 Å². The third-order valence-corrected chi connectivity index (χ3v) is 4.85. The molecule has 1 saturated carbocycles. The molecule has 1 atom stereocenters. The minimum Gasteiger partial charge on any atom is -0.340 e. The highest BCUT2D eigenvalue weighted by Gasteiger charge is 2.43. The van der Waals surface area contributed by atoms with E-state index in [-0.39, 0.29) is 23.8 Å². The van der Waals surface area contributed by atoms with Crippen molar-refractivity contribution >= 4 is 11.8 Å². The van der Waals surface area contributed by atoms with Gasteiger partial charge in [0.25, 0.3) is 0 Å². The molecule has 19 heavy (non-hydrogen) atoms. The molecule has 0 spiro atoms. The van der Waals surface area contributed by atoms with Gasteiger partial charge < -0.3 is 10.2 Å². The van der Waals surface area contributed by atoms with E-state index in [0.29, 0.717) is 6.42 Å². The Morgan fingerprint density at radius 2 is 1.79 bits per heavy atom. The Labute approximate surface area is 115 Å². The number of hydrogen-bond acceptors (Lipinski definition) is 2. The molecule has 4 heteroatoms. The molecule has 108 valence electrons. The van der Waals surface area contributed by atoms with Crippen molar-refractivity contribution in [2.45, 2.75) is 64.8 Å². The minimum absolute atomic E-state index is 0.0247. The molecule has 0 bridgehead atoms. The number of hydrogen-bond donors (Lipinski definition) is 1. The van der Waals surface area contributed by atoms with Crippen LogP contribution in [0.2, 0.25) is 0 Å². The third kappa shape index (κ3) is 2.93. The molecule has 2 rings (SSSR count). The van der Waals surface area contributed by atoms with Crippen LogP contribution >= 0.6 is 0 Å². The van der Waals surface area contributed by atoms with Crippen molar-refractivity contribution in [3.05, 3.63) is 0 Å². The Kier molecular flexibility index (Phi) is 3.88. The Hall–Kier alpha value is -1.06. The SMILES string of the molecule is CCC1(C)NC(=O)CN(CC2(C)CCCCC2)C1=O. The predicted molar refractivity (Wildman–Crippen MR) is 74.6 cm³/mol. The summed E-state index contributed by atoms with van der Waals surface area (Å²) in [6, 6.07) is 0. The number of nitrogens with one attached hydrogen (secondary N) is 1. The van der Waals surface area contributed by atoms with Crippen LogP contribution in [0, 0.1) is 5.41 Å². The zero-order valence-corrected chi connectivity index (χ0v) is 12.4. The fourth-order valence-corrected chi connectivity index (χ4v) is 3.39. The predicted octanol–water partition coefficient (Wildman–Crippen LogP) is 2.08. The normalized spacial score (nSPS) is 31.2. The van der Waals surface area contributed by atoms with Crippen LogP contribution in [-0.2, 0) is 9.59 Å². The van der Waals surface area contributed by atoms with Crippen LogP contribution in [0.25, 0.3) is 0 Å². The van der Waals surface area contributed by atoms with Gasteiger partial charge in [-0.25, -0.2) is 0 Å². The molecule has 2 aliphatic rings. The Morgan fingerprint density at radius 3 is 2.37 bits per heavy atom. The molecule has 1 aliphatic carbocycles. The van der Waals surface area contributed by atoms with E-state index in [2.05, 4.69) is 12.2 Å².